The first-order valence-electron chi connectivity index (χ1n) is 12.8. The number of aliphatic hydroxyl groups is 1. The third-order valence-electron chi connectivity index (χ3n) is 7.55. The van der Waals surface area contributed by atoms with Gasteiger partial charge in [-0.25, -0.2) is 23.0 Å². The molecule has 0 aromatic carbocycles. The minimum Gasteiger partial charge on any atom is -0.396 e. The van der Waals surface area contributed by atoms with Crippen LogP contribution in [-0.2, 0) is 0 Å². The smallest absolute Gasteiger partial charge is 0.284 e. The fraction of sp³-hybridized carbons (Fsp3) is 0.542. The number of nitrogens with two attached hydrogens (primary N) is 1. The second kappa shape index (κ2) is 9.78. The molecule has 0 amide bonds. The molecule has 0 spiro atoms. The van der Waals surface area contributed by atoms with Gasteiger partial charge in [0.05, 0.1) is 30.2 Å². The van der Waals surface area contributed by atoms with E-state index in [1.54, 1.807) is 27.8 Å². The first kappa shape index (κ1) is 23.9. The number of aliphatic hydroxyl groups excluding tert-OH is 1. The highest BCUT2D eigenvalue weighted by molar-refractivity contribution is 5.75. The molecule has 3 N–H and O–H groups in total. The summed E-state index contributed by atoms with van der Waals surface area (Å²) in [6.45, 7) is 1.79. The summed E-state index contributed by atoms with van der Waals surface area (Å²) < 4.78 is 32.5. The molecule has 1 saturated heterocycles. The lowest BCUT2D eigenvalue weighted by atomic mass is 9.87. The van der Waals surface area contributed by atoms with Crippen molar-refractivity contribution in [2.75, 3.05) is 24.6 Å². The van der Waals surface area contributed by atoms with Crippen LogP contribution in [0.2, 0.25) is 0 Å². The van der Waals surface area contributed by atoms with Crippen LogP contribution >= 0.6 is 0 Å². The van der Waals surface area contributed by atoms with Gasteiger partial charge in [0.15, 0.2) is 11.3 Å². The zero-order chi connectivity index (χ0) is 25.5. The van der Waals surface area contributed by atoms with E-state index in [1.807, 2.05) is 12.3 Å². The minimum atomic E-state index is -2.75. The first-order valence-corrected chi connectivity index (χ1v) is 12.8. The van der Waals surface area contributed by atoms with Crippen molar-refractivity contribution in [3.05, 3.63) is 36.5 Å². The van der Waals surface area contributed by atoms with Crippen LogP contribution in [0.4, 0.5) is 14.6 Å². The predicted octanol–water partition coefficient (Wildman–Crippen LogP) is 2.76. The van der Waals surface area contributed by atoms with Crippen molar-refractivity contribution >= 4 is 11.5 Å². The predicted molar refractivity (Wildman–Crippen MR) is 132 cm³/mol. The second-order valence-corrected chi connectivity index (χ2v) is 10.0. The average Bonchev–Trinajstić information content (AvgIpc) is 3.66. The number of aromatic nitrogens is 8. The first-order chi connectivity index (χ1) is 18.0. The van der Waals surface area contributed by atoms with E-state index < -0.39 is 6.43 Å². The SMILES string of the molecule is N[C@H]1CCCN(c2ccn3ncc(-c4cn(-c5cn(C6CCC(CO)CC6)nc5C(F)F)nn4)c3n2)C1. The van der Waals surface area contributed by atoms with Crippen molar-refractivity contribution in [2.45, 2.75) is 57.0 Å². The Morgan fingerprint density at radius 1 is 1.14 bits per heavy atom. The highest BCUT2D eigenvalue weighted by Gasteiger charge is 2.27. The number of alkyl halides is 2. The van der Waals surface area contributed by atoms with Gasteiger partial charge < -0.3 is 15.7 Å². The minimum absolute atomic E-state index is 0.0159. The third-order valence-corrected chi connectivity index (χ3v) is 7.55. The largest absolute Gasteiger partial charge is 0.396 e. The van der Waals surface area contributed by atoms with Gasteiger partial charge in [-0.2, -0.15) is 10.2 Å². The van der Waals surface area contributed by atoms with Crippen LogP contribution in [0.15, 0.2) is 30.9 Å². The molecule has 0 radical (unpaired) electrons. The summed E-state index contributed by atoms with van der Waals surface area (Å²) in [7, 11) is 0. The van der Waals surface area contributed by atoms with E-state index >= 15 is 0 Å². The highest BCUT2D eigenvalue weighted by Crippen LogP contribution is 2.34. The number of rotatable bonds is 6. The summed E-state index contributed by atoms with van der Waals surface area (Å²) in [6.07, 6.45) is 9.25. The summed E-state index contributed by atoms with van der Waals surface area (Å²) in [5.74, 6) is 1.08. The number of nitrogens with zero attached hydrogens (tertiary/aromatic N) is 9. The van der Waals surface area contributed by atoms with Gasteiger partial charge in [0.2, 0.25) is 0 Å². The topological polar surface area (TPSA) is 128 Å². The van der Waals surface area contributed by atoms with Gasteiger partial charge in [-0.3, -0.25) is 4.68 Å². The lowest BCUT2D eigenvalue weighted by Gasteiger charge is -2.31. The van der Waals surface area contributed by atoms with Crippen molar-refractivity contribution in [1.82, 2.24) is 39.4 Å². The number of hydrogen-bond donors (Lipinski definition) is 2. The maximum atomic E-state index is 13.9. The molecule has 4 aromatic heterocycles. The Hall–Kier alpha value is -3.45. The molecule has 1 aliphatic carbocycles. The molecule has 13 heteroatoms. The van der Waals surface area contributed by atoms with E-state index in [2.05, 4.69) is 25.4 Å². The van der Waals surface area contributed by atoms with Crippen LogP contribution < -0.4 is 10.6 Å². The summed E-state index contributed by atoms with van der Waals surface area (Å²) in [6, 6.07) is 2.05. The summed E-state index contributed by atoms with van der Waals surface area (Å²) in [5.41, 5.74) is 7.76. The normalized spacial score (nSPS) is 22.8. The second-order valence-electron chi connectivity index (χ2n) is 10.0. The van der Waals surface area contributed by atoms with Gasteiger partial charge in [0, 0.05) is 31.9 Å². The van der Waals surface area contributed by atoms with Crippen LogP contribution in [0.3, 0.4) is 0 Å². The molecule has 2 fully saturated rings. The van der Waals surface area contributed by atoms with E-state index in [9.17, 15) is 13.9 Å². The van der Waals surface area contributed by atoms with Crippen molar-refractivity contribution in [1.29, 1.82) is 0 Å². The van der Waals surface area contributed by atoms with Crippen LogP contribution in [0.5, 0.6) is 0 Å². The zero-order valence-electron chi connectivity index (χ0n) is 20.4. The van der Waals surface area contributed by atoms with Crippen LogP contribution in [0, 0.1) is 5.92 Å². The fourth-order valence-corrected chi connectivity index (χ4v) is 5.45. The Bertz CT molecular complexity index is 1370. The molecule has 0 bridgehead atoms. The molecule has 2 aliphatic rings. The van der Waals surface area contributed by atoms with Crippen molar-refractivity contribution in [3.8, 4) is 16.9 Å². The number of piperidine rings is 1. The Labute approximate surface area is 211 Å². The van der Waals surface area contributed by atoms with Crippen molar-refractivity contribution < 1.29 is 13.9 Å². The number of hydrogen-bond acceptors (Lipinski definition) is 8. The summed E-state index contributed by atoms with van der Waals surface area (Å²) in [5, 5.41) is 26.4. The van der Waals surface area contributed by atoms with Crippen LogP contribution in [0.1, 0.15) is 56.7 Å². The zero-order valence-corrected chi connectivity index (χ0v) is 20.4. The van der Waals surface area contributed by atoms with E-state index in [4.69, 9.17) is 10.7 Å². The highest BCUT2D eigenvalue weighted by atomic mass is 19.3. The van der Waals surface area contributed by atoms with Gasteiger partial charge in [0.25, 0.3) is 6.43 Å². The molecule has 0 unspecified atom stereocenters. The Morgan fingerprint density at radius 3 is 2.73 bits per heavy atom. The molecular weight excluding hydrogens is 482 g/mol. The standard InChI is InChI=1S/C24H30F2N10O/c25-23(26)22-20(13-35(31-22)17-5-3-15(14-37)4-6-17)36-12-19(30-32-36)18-10-28-34-9-7-21(29-24(18)34)33-8-1-2-16(27)11-33/h7,9-10,12-13,15-17,23,37H,1-6,8,11,14,27H2/t15?,16-,17?/m0/s1. The maximum absolute atomic E-state index is 13.9. The molecule has 11 nitrogen and oxygen atoms in total. The molecule has 196 valence electrons. The van der Waals surface area contributed by atoms with Gasteiger partial charge in [-0.15, -0.1) is 5.10 Å². The lowest BCUT2D eigenvalue weighted by molar-refractivity contribution is 0.141. The molecule has 1 aliphatic heterocycles. The van der Waals surface area contributed by atoms with Gasteiger partial charge in [-0.1, -0.05) is 5.21 Å². The van der Waals surface area contributed by atoms with E-state index in [0.29, 0.717) is 16.9 Å². The third kappa shape index (κ3) is 4.57. The Morgan fingerprint density at radius 2 is 1.97 bits per heavy atom. The fourth-order valence-electron chi connectivity index (χ4n) is 5.45. The van der Waals surface area contributed by atoms with Crippen molar-refractivity contribution in [2.24, 2.45) is 11.7 Å². The summed E-state index contributed by atoms with van der Waals surface area (Å²) >= 11 is 0. The molecule has 6 rings (SSSR count). The van der Waals surface area contributed by atoms with Crippen LogP contribution in [0.25, 0.3) is 22.6 Å². The number of fused-ring (bicyclic) bond motifs is 1. The van der Waals surface area contributed by atoms with Gasteiger partial charge in [-0.05, 0) is 50.5 Å². The van der Waals surface area contributed by atoms with Crippen LogP contribution in [-0.4, -0.2) is 70.2 Å². The summed E-state index contributed by atoms with van der Waals surface area (Å²) in [4.78, 5) is 6.98. The molecule has 5 heterocycles. The molecule has 4 aromatic rings. The average molecular weight is 513 g/mol. The lowest BCUT2D eigenvalue weighted by Crippen LogP contribution is -2.43. The Balaban J connectivity index is 1.30. The molecule has 37 heavy (non-hydrogen) atoms. The van der Waals surface area contributed by atoms with Gasteiger partial charge in [0.1, 0.15) is 17.2 Å². The number of anilines is 1. The molecule has 1 saturated carbocycles. The maximum Gasteiger partial charge on any atom is 0.284 e. The van der Waals surface area contributed by atoms with Gasteiger partial charge >= 0.3 is 0 Å². The van der Waals surface area contributed by atoms with E-state index in [-0.39, 0.29) is 36.0 Å². The molecule has 1 atom stereocenters. The Kier molecular flexibility index (Phi) is 6.32. The monoisotopic (exact) mass is 512 g/mol. The van der Waals surface area contributed by atoms with E-state index in [1.165, 1.54) is 4.68 Å². The quantitative estimate of drug-likeness (QED) is 0.404. The number of halogens is 2. The van der Waals surface area contributed by atoms with E-state index in [0.717, 1.165) is 57.4 Å². The van der Waals surface area contributed by atoms with Crippen molar-refractivity contribution in [3.63, 3.8) is 0 Å². The molecular formula is C24H30F2N10O.